The van der Waals surface area contributed by atoms with Gasteiger partial charge in [0.15, 0.2) is 0 Å². The third-order valence-electron chi connectivity index (χ3n) is 2.12. The van der Waals surface area contributed by atoms with Gasteiger partial charge in [-0.1, -0.05) is 6.08 Å². The number of nitrogens with two attached hydrogens (primary N) is 1. The number of ether oxygens (including phenoxy) is 1. The summed E-state index contributed by atoms with van der Waals surface area (Å²) in [6.45, 7) is 3.69. The molecule has 2 nitrogen and oxygen atoms in total. The number of hydrogen-bond acceptors (Lipinski definition) is 3. The van der Waals surface area contributed by atoms with Crippen molar-refractivity contribution in [1.82, 2.24) is 0 Å². The molecule has 0 bridgehead atoms. The number of thiophene rings is 1. The lowest BCUT2D eigenvalue weighted by atomic mass is 10.1. The predicted octanol–water partition coefficient (Wildman–Crippen LogP) is 3.11. The van der Waals surface area contributed by atoms with Gasteiger partial charge in [0, 0.05) is 16.3 Å². The number of hydrogen-bond donors (Lipinski definition) is 1. The first-order chi connectivity index (χ1) is 6.77. The van der Waals surface area contributed by atoms with Gasteiger partial charge in [-0.05, 0) is 25.3 Å². The Morgan fingerprint density at radius 3 is 3.07 bits per heavy atom. The van der Waals surface area contributed by atoms with Gasteiger partial charge in [0.1, 0.15) is 5.75 Å². The molecular formula is C11H17NOS. The maximum atomic E-state index is 6.02. The molecule has 0 aliphatic carbocycles. The second kappa shape index (κ2) is 5.83. The van der Waals surface area contributed by atoms with Crippen molar-refractivity contribution in [2.75, 3.05) is 7.11 Å². The summed E-state index contributed by atoms with van der Waals surface area (Å²) >= 11 is 1.66. The molecule has 14 heavy (non-hydrogen) atoms. The summed E-state index contributed by atoms with van der Waals surface area (Å²) in [5.41, 5.74) is 6.02. The van der Waals surface area contributed by atoms with E-state index in [-0.39, 0.29) is 6.04 Å². The summed E-state index contributed by atoms with van der Waals surface area (Å²) in [7, 11) is 1.68. The van der Waals surface area contributed by atoms with E-state index in [0.717, 1.165) is 25.0 Å². The number of methoxy groups -OCH3 is 1. The predicted molar refractivity (Wildman–Crippen MR) is 61.8 cm³/mol. The van der Waals surface area contributed by atoms with Crippen molar-refractivity contribution < 1.29 is 4.74 Å². The fourth-order valence-electron chi connectivity index (χ4n) is 1.26. The van der Waals surface area contributed by atoms with Crippen LogP contribution >= 0.6 is 11.3 Å². The van der Waals surface area contributed by atoms with Crippen LogP contribution in [0.5, 0.6) is 5.75 Å². The van der Waals surface area contributed by atoms with E-state index in [1.165, 1.54) is 4.88 Å². The maximum absolute atomic E-state index is 6.02. The molecule has 0 aromatic carbocycles. The van der Waals surface area contributed by atoms with E-state index in [9.17, 15) is 0 Å². The molecule has 0 amide bonds. The van der Waals surface area contributed by atoms with Gasteiger partial charge >= 0.3 is 0 Å². The smallest absolute Gasteiger partial charge is 0.129 e. The van der Waals surface area contributed by atoms with Gasteiger partial charge < -0.3 is 10.5 Å². The SMILES string of the molecule is C=CCCCC(N)c1cc(OC)cs1. The Hall–Kier alpha value is -0.800. The van der Waals surface area contributed by atoms with Crippen LogP contribution in [0.4, 0.5) is 0 Å². The highest BCUT2D eigenvalue weighted by atomic mass is 32.1. The minimum Gasteiger partial charge on any atom is -0.496 e. The highest BCUT2D eigenvalue weighted by Crippen LogP contribution is 2.27. The molecule has 1 atom stereocenters. The zero-order valence-corrected chi connectivity index (χ0v) is 9.35. The van der Waals surface area contributed by atoms with E-state index in [0.29, 0.717) is 0 Å². The van der Waals surface area contributed by atoms with Gasteiger partial charge in [-0.2, -0.15) is 0 Å². The minimum absolute atomic E-state index is 0.142. The molecule has 0 saturated carbocycles. The molecule has 0 radical (unpaired) electrons. The van der Waals surface area contributed by atoms with Crippen molar-refractivity contribution in [1.29, 1.82) is 0 Å². The van der Waals surface area contributed by atoms with Crippen molar-refractivity contribution in [3.8, 4) is 5.75 Å². The molecule has 3 heteroatoms. The van der Waals surface area contributed by atoms with E-state index in [4.69, 9.17) is 10.5 Å². The zero-order valence-electron chi connectivity index (χ0n) is 8.53. The van der Waals surface area contributed by atoms with Crippen molar-refractivity contribution in [2.24, 2.45) is 5.73 Å². The quantitative estimate of drug-likeness (QED) is 0.579. The highest BCUT2D eigenvalue weighted by molar-refractivity contribution is 7.10. The van der Waals surface area contributed by atoms with Gasteiger partial charge in [0.2, 0.25) is 0 Å². The van der Waals surface area contributed by atoms with E-state index in [1.54, 1.807) is 18.4 Å². The molecule has 0 aliphatic rings. The molecular weight excluding hydrogens is 194 g/mol. The lowest BCUT2D eigenvalue weighted by molar-refractivity contribution is 0.416. The molecule has 0 fully saturated rings. The van der Waals surface area contributed by atoms with Gasteiger partial charge in [0.25, 0.3) is 0 Å². The lowest BCUT2D eigenvalue weighted by Crippen LogP contribution is -2.07. The Kier molecular flexibility index (Phi) is 4.70. The van der Waals surface area contributed by atoms with Crippen LogP contribution < -0.4 is 10.5 Å². The molecule has 0 aliphatic heterocycles. The van der Waals surface area contributed by atoms with Crippen molar-refractivity contribution in [2.45, 2.75) is 25.3 Å². The fourth-order valence-corrected chi connectivity index (χ4v) is 2.15. The molecule has 0 saturated heterocycles. The third-order valence-corrected chi connectivity index (χ3v) is 3.16. The fraction of sp³-hybridized carbons (Fsp3) is 0.455. The molecule has 2 N–H and O–H groups in total. The Balaban J connectivity index is 2.43. The van der Waals surface area contributed by atoms with E-state index < -0.39 is 0 Å². The number of unbranched alkanes of at least 4 members (excludes halogenated alkanes) is 1. The van der Waals surface area contributed by atoms with Crippen LogP contribution in [0.15, 0.2) is 24.1 Å². The first-order valence-electron chi connectivity index (χ1n) is 4.76. The van der Waals surface area contributed by atoms with Crippen LogP contribution in [0.1, 0.15) is 30.2 Å². The molecule has 0 spiro atoms. The average Bonchev–Trinajstić information content (AvgIpc) is 2.66. The van der Waals surface area contributed by atoms with Crippen LogP contribution in [-0.4, -0.2) is 7.11 Å². The Morgan fingerprint density at radius 1 is 1.71 bits per heavy atom. The van der Waals surface area contributed by atoms with E-state index in [2.05, 4.69) is 6.58 Å². The topological polar surface area (TPSA) is 35.2 Å². The number of rotatable bonds is 6. The van der Waals surface area contributed by atoms with Gasteiger partial charge in [-0.25, -0.2) is 0 Å². The lowest BCUT2D eigenvalue weighted by Gasteiger charge is -2.07. The Bertz CT molecular complexity index is 283. The first-order valence-corrected chi connectivity index (χ1v) is 5.64. The van der Waals surface area contributed by atoms with Gasteiger partial charge in [0.05, 0.1) is 7.11 Å². The van der Waals surface area contributed by atoms with Crippen LogP contribution in [0.3, 0.4) is 0 Å². The summed E-state index contributed by atoms with van der Waals surface area (Å²) in [6, 6.07) is 2.16. The molecule has 1 rings (SSSR count). The van der Waals surface area contributed by atoms with Crippen LogP contribution in [0.2, 0.25) is 0 Å². The summed E-state index contributed by atoms with van der Waals surface area (Å²) < 4.78 is 5.11. The monoisotopic (exact) mass is 211 g/mol. The van der Waals surface area contributed by atoms with E-state index >= 15 is 0 Å². The average molecular weight is 211 g/mol. The number of allylic oxidation sites excluding steroid dienone is 1. The van der Waals surface area contributed by atoms with Crippen molar-refractivity contribution in [3.05, 3.63) is 29.0 Å². The zero-order chi connectivity index (χ0) is 10.4. The van der Waals surface area contributed by atoms with Crippen LogP contribution in [0.25, 0.3) is 0 Å². The first kappa shape index (κ1) is 11.3. The largest absolute Gasteiger partial charge is 0.496 e. The van der Waals surface area contributed by atoms with Gasteiger partial charge in [-0.3, -0.25) is 0 Å². The molecule has 1 heterocycles. The van der Waals surface area contributed by atoms with Gasteiger partial charge in [-0.15, -0.1) is 17.9 Å². The van der Waals surface area contributed by atoms with Crippen LogP contribution in [-0.2, 0) is 0 Å². The van der Waals surface area contributed by atoms with Crippen LogP contribution in [0, 0.1) is 0 Å². The third kappa shape index (κ3) is 3.16. The molecule has 1 unspecified atom stereocenters. The van der Waals surface area contributed by atoms with Crippen molar-refractivity contribution in [3.63, 3.8) is 0 Å². The van der Waals surface area contributed by atoms with E-state index in [1.807, 2.05) is 17.5 Å². The Morgan fingerprint density at radius 2 is 2.50 bits per heavy atom. The highest BCUT2D eigenvalue weighted by Gasteiger charge is 2.08. The normalized spacial score (nSPS) is 12.4. The summed E-state index contributed by atoms with van der Waals surface area (Å²) in [6.07, 6.45) is 5.08. The van der Waals surface area contributed by atoms with Crippen molar-refractivity contribution >= 4 is 11.3 Å². The summed E-state index contributed by atoms with van der Waals surface area (Å²) in [4.78, 5) is 1.20. The standard InChI is InChI=1S/C11H17NOS/c1-3-4-5-6-10(12)11-7-9(13-2)8-14-11/h3,7-8,10H,1,4-6,12H2,2H3. The molecule has 78 valence electrons. The molecule has 1 aromatic heterocycles. The Labute approximate surface area is 89.4 Å². The minimum atomic E-state index is 0.142. The maximum Gasteiger partial charge on any atom is 0.129 e. The second-order valence-corrected chi connectivity index (χ2v) is 4.16. The molecule has 1 aromatic rings. The summed E-state index contributed by atoms with van der Waals surface area (Å²) in [5, 5.41) is 1.99. The summed E-state index contributed by atoms with van der Waals surface area (Å²) in [5.74, 6) is 0.907. The second-order valence-electron chi connectivity index (χ2n) is 3.21.